The van der Waals surface area contributed by atoms with E-state index in [2.05, 4.69) is 5.32 Å². The molecule has 136 valence electrons. The quantitative estimate of drug-likeness (QED) is 0.671. The van der Waals surface area contributed by atoms with E-state index in [1.165, 1.54) is 4.90 Å². The summed E-state index contributed by atoms with van der Waals surface area (Å²) in [5.74, 6) is -1.05. The first-order valence-corrected chi connectivity index (χ1v) is 9.07. The Morgan fingerprint density at radius 1 is 1.00 bits per heavy atom. The molecular weight excluding hydrogens is 340 g/mol. The zero-order valence-electron chi connectivity index (χ0n) is 15.0. The lowest BCUT2D eigenvalue weighted by molar-refractivity contribution is -0.122. The van der Waals surface area contributed by atoms with Crippen LogP contribution in [0.1, 0.15) is 23.7 Å². The molecule has 1 aliphatic carbocycles. The summed E-state index contributed by atoms with van der Waals surface area (Å²) >= 11 is 0. The number of benzene rings is 2. The monoisotopic (exact) mass is 360 g/mol. The van der Waals surface area contributed by atoms with Crippen molar-refractivity contribution in [3.63, 3.8) is 0 Å². The van der Waals surface area contributed by atoms with Crippen LogP contribution in [0.25, 0.3) is 0 Å². The zero-order chi connectivity index (χ0) is 19.0. The second kappa shape index (κ2) is 6.83. The van der Waals surface area contributed by atoms with Gasteiger partial charge in [-0.15, -0.1) is 0 Å². The Kier molecular flexibility index (Phi) is 4.36. The van der Waals surface area contributed by atoms with Gasteiger partial charge in [0.2, 0.25) is 11.8 Å². The smallest absolute Gasteiger partial charge is 0.255 e. The molecule has 5 heteroatoms. The highest BCUT2D eigenvalue weighted by Crippen LogP contribution is 2.40. The largest absolute Gasteiger partial charge is 0.322 e. The first-order chi connectivity index (χ1) is 13.1. The van der Waals surface area contributed by atoms with E-state index in [-0.39, 0.29) is 35.5 Å². The molecule has 1 heterocycles. The predicted octanol–water partition coefficient (Wildman–Crippen LogP) is 3.64. The van der Waals surface area contributed by atoms with Crippen LogP contribution in [-0.2, 0) is 9.59 Å². The standard InChI is InChI=1S/C22H20N2O3/c1-14-6-5-9-18-19(14)22(27)24(21(18)26)17-12-10-15(11-13-17)20(25)23-16-7-3-2-4-8-16/h2-8,10-14,18-19H,9H2,1H3,(H,23,25)/t14-,18+,19-/m1/s1. The van der Waals surface area contributed by atoms with E-state index in [1.54, 1.807) is 24.3 Å². The number of para-hydroxylation sites is 1. The van der Waals surface area contributed by atoms with Crippen molar-refractivity contribution in [2.75, 3.05) is 10.2 Å². The number of anilines is 2. The van der Waals surface area contributed by atoms with Crippen LogP contribution in [0.2, 0.25) is 0 Å². The molecule has 1 fully saturated rings. The molecule has 1 N–H and O–H groups in total. The molecule has 0 saturated carbocycles. The fraction of sp³-hybridized carbons (Fsp3) is 0.227. The molecule has 0 bridgehead atoms. The number of rotatable bonds is 3. The van der Waals surface area contributed by atoms with Crippen LogP contribution >= 0.6 is 0 Å². The average Bonchev–Trinajstić information content (AvgIpc) is 2.94. The van der Waals surface area contributed by atoms with E-state index >= 15 is 0 Å². The molecule has 3 atom stereocenters. The van der Waals surface area contributed by atoms with Gasteiger partial charge >= 0.3 is 0 Å². The third-order valence-electron chi connectivity index (χ3n) is 5.29. The Balaban J connectivity index is 1.53. The summed E-state index contributed by atoms with van der Waals surface area (Å²) in [6.07, 6.45) is 4.60. The summed E-state index contributed by atoms with van der Waals surface area (Å²) in [5.41, 5.74) is 1.69. The van der Waals surface area contributed by atoms with E-state index in [9.17, 15) is 14.4 Å². The van der Waals surface area contributed by atoms with E-state index in [0.29, 0.717) is 23.4 Å². The maximum atomic E-state index is 12.8. The van der Waals surface area contributed by atoms with Gasteiger partial charge in [0.05, 0.1) is 17.5 Å². The van der Waals surface area contributed by atoms with Crippen molar-refractivity contribution < 1.29 is 14.4 Å². The normalized spacial score (nSPS) is 24.0. The van der Waals surface area contributed by atoms with Gasteiger partial charge in [0.1, 0.15) is 0 Å². The summed E-state index contributed by atoms with van der Waals surface area (Å²) in [6.45, 7) is 1.97. The SMILES string of the molecule is C[C@@H]1C=CC[C@@H]2C(=O)N(c3ccc(C(=O)Nc4ccccc4)cc3)C(=O)[C@H]12. The van der Waals surface area contributed by atoms with Gasteiger partial charge in [-0.3, -0.25) is 19.3 Å². The molecule has 4 rings (SSSR count). The number of imide groups is 1. The Bertz CT molecular complexity index is 918. The van der Waals surface area contributed by atoms with Crippen molar-refractivity contribution in [3.8, 4) is 0 Å². The Morgan fingerprint density at radius 3 is 2.37 bits per heavy atom. The van der Waals surface area contributed by atoms with Crippen LogP contribution in [0, 0.1) is 17.8 Å². The van der Waals surface area contributed by atoms with Gasteiger partial charge in [0.25, 0.3) is 5.91 Å². The van der Waals surface area contributed by atoms with Gasteiger partial charge in [0.15, 0.2) is 0 Å². The van der Waals surface area contributed by atoms with Crippen molar-refractivity contribution in [3.05, 3.63) is 72.3 Å². The van der Waals surface area contributed by atoms with Crippen molar-refractivity contribution in [1.82, 2.24) is 0 Å². The number of hydrogen-bond acceptors (Lipinski definition) is 3. The van der Waals surface area contributed by atoms with Crippen molar-refractivity contribution >= 4 is 29.1 Å². The van der Waals surface area contributed by atoms with Gasteiger partial charge in [-0.2, -0.15) is 0 Å². The molecule has 27 heavy (non-hydrogen) atoms. The van der Waals surface area contributed by atoms with Gasteiger partial charge in [-0.1, -0.05) is 37.3 Å². The highest BCUT2D eigenvalue weighted by Gasteiger charge is 2.50. The van der Waals surface area contributed by atoms with Crippen LogP contribution in [0.5, 0.6) is 0 Å². The Morgan fingerprint density at radius 2 is 1.70 bits per heavy atom. The number of hydrogen-bond donors (Lipinski definition) is 1. The van der Waals surface area contributed by atoms with Crippen molar-refractivity contribution in [2.45, 2.75) is 13.3 Å². The number of amides is 3. The minimum absolute atomic E-state index is 0.0566. The summed E-state index contributed by atoms with van der Waals surface area (Å²) in [6, 6.07) is 15.8. The minimum Gasteiger partial charge on any atom is -0.322 e. The fourth-order valence-electron chi connectivity index (χ4n) is 3.89. The molecule has 2 aromatic carbocycles. The molecule has 0 spiro atoms. The first kappa shape index (κ1) is 17.2. The lowest BCUT2D eigenvalue weighted by Gasteiger charge is -2.22. The van der Waals surface area contributed by atoms with Crippen LogP contribution in [-0.4, -0.2) is 17.7 Å². The van der Waals surface area contributed by atoms with Gasteiger partial charge in [0, 0.05) is 11.3 Å². The van der Waals surface area contributed by atoms with E-state index in [1.807, 2.05) is 49.4 Å². The molecule has 3 amide bonds. The third-order valence-corrected chi connectivity index (χ3v) is 5.29. The lowest BCUT2D eigenvalue weighted by atomic mass is 9.78. The number of carbonyl (C=O) groups is 3. The van der Waals surface area contributed by atoms with E-state index in [0.717, 1.165) is 0 Å². The number of nitrogens with one attached hydrogen (secondary N) is 1. The lowest BCUT2D eigenvalue weighted by Crippen LogP contribution is -2.31. The van der Waals surface area contributed by atoms with E-state index in [4.69, 9.17) is 0 Å². The summed E-state index contributed by atoms with van der Waals surface area (Å²) in [7, 11) is 0. The van der Waals surface area contributed by atoms with E-state index < -0.39 is 0 Å². The van der Waals surface area contributed by atoms with Crippen LogP contribution in [0.3, 0.4) is 0 Å². The molecule has 1 aliphatic heterocycles. The van der Waals surface area contributed by atoms with Crippen LogP contribution in [0.4, 0.5) is 11.4 Å². The van der Waals surface area contributed by atoms with Gasteiger partial charge < -0.3 is 5.32 Å². The highest BCUT2D eigenvalue weighted by molar-refractivity contribution is 6.22. The van der Waals surface area contributed by atoms with Gasteiger partial charge in [-0.05, 0) is 48.7 Å². The van der Waals surface area contributed by atoms with Crippen LogP contribution < -0.4 is 10.2 Å². The molecule has 2 aliphatic rings. The number of carbonyl (C=O) groups excluding carboxylic acids is 3. The van der Waals surface area contributed by atoms with Crippen molar-refractivity contribution in [2.24, 2.45) is 17.8 Å². The molecule has 0 radical (unpaired) electrons. The third kappa shape index (κ3) is 3.05. The Hall–Kier alpha value is -3.21. The molecule has 0 aromatic heterocycles. The minimum atomic E-state index is -0.288. The maximum absolute atomic E-state index is 12.8. The fourth-order valence-corrected chi connectivity index (χ4v) is 3.89. The summed E-state index contributed by atoms with van der Waals surface area (Å²) in [4.78, 5) is 39.2. The molecule has 5 nitrogen and oxygen atoms in total. The van der Waals surface area contributed by atoms with Crippen molar-refractivity contribution in [1.29, 1.82) is 0 Å². The number of allylic oxidation sites excluding steroid dienone is 2. The molecule has 1 saturated heterocycles. The summed E-state index contributed by atoms with van der Waals surface area (Å²) < 4.78 is 0. The molecule has 0 unspecified atom stereocenters. The number of fused-ring (bicyclic) bond motifs is 1. The topological polar surface area (TPSA) is 66.5 Å². The first-order valence-electron chi connectivity index (χ1n) is 9.07. The summed E-state index contributed by atoms with van der Waals surface area (Å²) in [5, 5.41) is 2.82. The zero-order valence-corrected chi connectivity index (χ0v) is 15.0. The highest BCUT2D eigenvalue weighted by atomic mass is 16.2. The Labute approximate surface area is 157 Å². The second-order valence-electron chi connectivity index (χ2n) is 7.03. The molecule has 2 aromatic rings. The average molecular weight is 360 g/mol. The van der Waals surface area contributed by atoms with Crippen LogP contribution in [0.15, 0.2) is 66.7 Å². The van der Waals surface area contributed by atoms with Gasteiger partial charge in [-0.25, -0.2) is 0 Å². The molecular formula is C22H20N2O3. The predicted molar refractivity (Wildman–Crippen MR) is 103 cm³/mol. The maximum Gasteiger partial charge on any atom is 0.255 e. The number of nitrogens with zero attached hydrogens (tertiary/aromatic N) is 1. The second-order valence-corrected chi connectivity index (χ2v) is 7.03.